The van der Waals surface area contributed by atoms with Crippen molar-refractivity contribution in [2.24, 2.45) is 5.92 Å². The first-order valence-electron chi connectivity index (χ1n) is 7.22. The SMILES string of the molecule is N#Cc1ccc(N(C[C@@H]2CCOC2)C2CC2)c([N+](=O)[O-])c1. The summed E-state index contributed by atoms with van der Waals surface area (Å²) in [6.45, 7) is 2.29. The van der Waals surface area contributed by atoms with Gasteiger partial charge in [-0.05, 0) is 31.4 Å². The highest BCUT2D eigenvalue weighted by Crippen LogP contribution is 2.38. The first-order valence-corrected chi connectivity index (χ1v) is 7.22. The summed E-state index contributed by atoms with van der Waals surface area (Å²) in [7, 11) is 0. The van der Waals surface area contributed by atoms with Gasteiger partial charge in [0.25, 0.3) is 5.69 Å². The molecular formula is C15H17N3O3. The van der Waals surface area contributed by atoms with Crippen molar-refractivity contribution in [1.82, 2.24) is 0 Å². The van der Waals surface area contributed by atoms with Crippen LogP contribution in [0.2, 0.25) is 0 Å². The summed E-state index contributed by atoms with van der Waals surface area (Å²) in [5.74, 6) is 0.431. The molecule has 6 nitrogen and oxygen atoms in total. The second-order valence-corrected chi connectivity index (χ2v) is 5.69. The van der Waals surface area contributed by atoms with E-state index in [1.165, 1.54) is 6.07 Å². The number of nitro benzene ring substituents is 1. The molecule has 1 aromatic carbocycles. The van der Waals surface area contributed by atoms with E-state index in [4.69, 9.17) is 10.00 Å². The van der Waals surface area contributed by atoms with Crippen LogP contribution in [0.4, 0.5) is 11.4 Å². The molecule has 1 heterocycles. The van der Waals surface area contributed by atoms with Crippen molar-refractivity contribution in [2.75, 3.05) is 24.7 Å². The van der Waals surface area contributed by atoms with Gasteiger partial charge in [-0.2, -0.15) is 5.26 Å². The van der Waals surface area contributed by atoms with Crippen molar-refractivity contribution in [1.29, 1.82) is 5.26 Å². The minimum Gasteiger partial charge on any atom is -0.381 e. The molecule has 0 radical (unpaired) electrons. The Morgan fingerprint density at radius 2 is 2.24 bits per heavy atom. The van der Waals surface area contributed by atoms with E-state index >= 15 is 0 Å². The van der Waals surface area contributed by atoms with Crippen molar-refractivity contribution in [3.63, 3.8) is 0 Å². The lowest BCUT2D eigenvalue weighted by atomic mass is 10.1. The Morgan fingerprint density at radius 1 is 1.43 bits per heavy atom. The number of anilines is 1. The number of nitrogens with zero attached hydrogens (tertiary/aromatic N) is 3. The predicted octanol–water partition coefficient (Wildman–Crippen LogP) is 2.47. The summed E-state index contributed by atoms with van der Waals surface area (Å²) >= 11 is 0. The van der Waals surface area contributed by atoms with E-state index < -0.39 is 4.92 Å². The molecular weight excluding hydrogens is 270 g/mol. The van der Waals surface area contributed by atoms with E-state index in [0.29, 0.717) is 23.2 Å². The van der Waals surface area contributed by atoms with Crippen molar-refractivity contribution in [2.45, 2.75) is 25.3 Å². The highest BCUT2D eigenvalue weighted by molar-refractivity contribution is 5.66. The molecule has 1 saturated heterocycles. The third-order valence-corrected chi connectivity index (χ3v) is 4.08. The highest BCUT2D eigenvalue weighted by Gasteiger charge is 2.35. The van der Waals surface area contributed by atoms with E-state index in [2.05, 4.69) is 4.90 Å². The molecule has 0 amide bonds. The Bertz CT molecular complexity index is 586. The molecule has 1 atom stereocenters. The average Bonchev–Trinajstić information content (AvgIpc) is 3.21. The van der Waals surface area contributed by atoms with Gasteiger partial charge in [0, 0.05) is 31.2 Å². The quantitative estimate of drug-likeness (QED) is 0.614. The van der Waals surface area contributed by atoms with Crippen LogP contribution < -0.4 is 4.90 Å². The van der Waals surface area contributed by atoms with Gasteiger partial charge in [0.1, 0.15) is 5.69 Å². The summed E-state index contributed by atoms with van der Waals surface area (Å²) < 4.78 is 5.40. The molecule has 1 aliphatic heterocycles. The third-order valence-electron chi connectivity index (χ3n) is 4.08. The molecule has 21 heavy (non-hydrogen) atoms. The lowest BCUT2D eigenvalue weighted by molar-refractivity contribution is -0.384. The number of benzene rings is 1. The summed E-state index contributed by atoms with van der Waals surface area (Å²) in [6, 6.07) is 7.09. The molecule has 0 aromatic heterocycles. The molecule has 2 aliphatic rings. The molecule has 1 saturated carbocycles. The number of nitro groups is 1. The van der Waals surface area contributed by atoms with Crippen molar-refractivity contribution >= 4 is 11.4 Å². The molecule has 0 unspecified atom stereocenters. The van der Waals surface area contributed by atoms with Crippen LogP contribution in [0.3, 0.4) is 0 Å². The molecule has 0 bridgehead atoms. The van der Waals surface area contributed by atoms with E-state index in [1.54, 1.807) is 12.1 Å². The zero-order valence-electron chi connectivity index (χ0n) is 11.7. The Balaban J connectivity index is 1.91. The fourth-order valence-corrected chi connectivity index (χ4v) is 2.82. The number of rotatable bonds is 5. The normalized spacial score (nSPS) is 21.0. The number of hydrogen-bond donors (Lipinski definition) is 0. The minimum absolute atomic E-state index is 0.0277. The van der Waals surface area contributed by atoms with Crippen LogP contribution in [0, 0.1) is 27.4 Å². The molecule has 3 rings (SSSR count). The van der Waals surface area contributed by atoms with E-state index in [0.717, 1.165) is 39.0 Å². The standard InChI is InChI=1S/C15H17N3O3/c16-8-11-1-4-14(15(7-11)18(19)20)17(13-2-3-13)9-12-5-6-21-10-12/h1,4,7,12-13H,2-3,5-6,9-10H2/t12-/m0/s1. The highest BCUT2D eigenvalue weighted by atomic mass is 16.6. The minimum atomic E-state index is -0.392. The topological polar surface area (TPSA) is 79.4 Å². The molecule has 2 fully saturated rings. The third kappa shape index (κ3) is 2.98. The Hall–Kier alpha value is -2.13. The Kier molecular flexibility index (Phi) is 3.76. The monoisotopic (exact) mass is 287 g/mol. The molecule has 0 N–H and O–H groups in total. The van der Waals surface area contributed by atoms with Gasteiger partial charge in [-0.25, -0.2) is 0 Å². The lowest BCUT2D eigenvalue weighted by Gasteiger charge is -2.27. The number of hydrogen-bond acceptors (Lipinski definition) is 5. The lowest BCUT2D eigenvalue weighted by Crippen LogP contribution is -2.32. The van der Waals surface area contributed by atoms with Gasteiger partial charge < -0.3 is 9.64 Å². The fraction of sp³-hybridized carbons (Fsp3) is 0.533. The second-order valence-electron chi connectivity index (χ2n) is 5.69. The molecule has 6 heteroatoms. The Morgan fingerprint density at radius 3 is 2.81 bits per heavy atom. The summed E-state index contributed by atoms with van der Waals surface area (Å²) in [5.41, 5.74) is 0.985. The van der Waals surface area contributed by atoms with Gasteiger partial charge in [0.05, 0.1) is 23.2 Å². The first-order chi connectivity index (χ1) is 10.2. The van der Waals surface area contributed by atoms with Crippen LogP contribution in [0.25, 0.3) is 0 Å². The molecule has 0 spiro atoms. The molecule has 110 valence electrons. The van der Waals surface area contributed by atoms with E-state index in [-0.39, 0.29) is 5.69 Å². The van der Waals surface area contributed by atoms with Gasteiger partial charge in [-0.1, -0.05) is 0 Å². The van der Waals surface area contributed by atoms with Gasteiger partial charge in [-0.3, -0.25) is 10.1 Å². The molecule has 1 aromatic rings. The maximum Gasteiger partial charge on any atom is 0.293 e. The van der Waals surface area contributed by atoms with Crippen molar-refractivity contribution in [3.05, 3.63) is 33.9 Å². The predicted molar refractivity (Wildman–Crippen MR) is 77.1 cm³/mol. The number of ether oxygens (including phenoxy) is 1. The van der Waals surface area contributed by atoms with Crippen LogP contribution in [-0.2, 0) is 4.74 Å². The maximum atomic E-state index is 11.3. The summed E-state index contributed by atoms with van der Waals surface area (Å²) in [6.07, 6.45) is 3.16. The summed E-state index contributed by atoms with van der Waals surface area (Å²) in [4.78, 5) is 13.1. The van der Waals surface area contributed by atoms with Gasteiger partial charge in [0.2, 0.25) is 0 Å². The first kappa shape index (κ1) is 13.8. The van der Waals surface area contributed by atoms with Crippen molar-refractivity contribution < 1.29 is 9.66 Å². The largest absolute Gasteiger partial charge is 0.381 e. The zero-order chi connectivity index (χ0) is 14.8. The summed E-state index contributed by atoms with van der Waals surface area (Å²) in [5, 5.41) is 20.2. The van der Waals surface area contributed by atoms with Crippen LogP contribution >= 0.6 is 0 Å². The van der Waals surface area contributed by atoms with Crippen molar-refractivity contribution in [3.8, 4) is 6.07 Å². The van der Waals surface area contributed by atoms with Crippen LogP contribution in [0.5, 0.6) is 0 Å². The van der Waals surface area contributed by atoms with Crippen LogP contribution in [0.15, 0.2) is 18.2 Å². The fourth-order valence-electron chi connectivity index (χ4n) is 2.82. The van der Waals surface area contributed by atoms with Gasteiger partial charge in [0.15, 0.2) is 0 Å². The zero-order valence-corrected chi connectivity index (χ0v) is 11.7. The van der Waals surface area contributed by atoms with Gasteiger partial charge in [-0.15, -0.1) is 0 Å². The van der Waals surface area contributed by atoms with Gasteiger partial charge >= 0.3 is 0 Å². The second kappa shape index (κ2) is 5.70. The van der Waals surface area contributed by atoms with E-state index in [1.807, 2.05) is 6.07 Å². The maximum absolute atomic E-state index is 11.3. The molecule has 1 aliphatic carbocycles. The average molecular weight is 287 g/mol. The van der Waals surface area contributed by atoms with Crippen LogP contribution in [-0.4, -0.2) is 30.7 Å². The smallest absolute Gasteiger partial charge is 0.293 e. The van der Waals surface area contributed by atoms with E-state index in [9.17, 15) is 10.1 Å². The van der Waals surface area contributed by atoms with Crippen LogP contribution in [0.1, 0.15) is 24.8 Å². The number of nitriles is 1. The Labute approximate surface area is 123 Å².